The van der Waals surface area contributed by atoms with Gasteiger partial charge in [-0.25, -0.2) is 0 Å². The van der Waals surface area contributed by atoms with Crippen LogP contribution in [0.2, 0.25) is 5.02 Å². The predicted molar refractivity (Wildman–Crippen MR) is 59.6 cm³/mol. The van der Waals surface area contributed by atoms with Crippen LogP contribution >= 0.6 is 11.6 Å². The van der Waals surface area contributed by atoms with E-state index in [4.69, 9.17) is 17.3 Å². The molecule has 2 rings (SSSR count). The second kappa shape index (κ2) is 3.50. The van der Waals surface area contributed by atoms with E-state index in [9.17, 15) is 0 Å². The molecule has 0 radical (unpaired) electrons. The number of nitrogens with zero attached hydrogens (tertiary/aromatic N) is 2. The summed E-state index contributed by atoms with van der Waals surface area (Å²) in [7, 11) is 0. The zero-order valence-electron chi connectivity index (χ0n) is 7.94. The first kappa shape index (κ1) is 9.34. The summed E-state index contributed by atoms with van der Waals surface area (Å²) in [5.74, 6) is 1.02. The highest BCUT2D eigenvalue weighted by atomic mass is 35.5. The third-order valence-electron chi connectivity index (χ3n) is 2.31. The first-order valence-electron chi connectivity index (χ1n) is 4.54. The fourth-order valence-electron chi connectivity index (χ4n) is 1.41. The van der Waals surface area contributed by atoms with Crippen molar-refractivity contribution in [1.29, 1.82) is 0 Å². The van der Waals surface area contributed by atoms with Crippen LogP contribution in [0.5, 0.6) is 0 Å². The summed E-state index contributed by atoms with van der Waals surface area (Å²) < 4.78 is 0. The lowest BCUT2D eigenvalue weighted by Gasteiger charge is -2.13. The van der Waals surface area contributed by atoms with Gasteiger partial charge >= 0.3 is 0 Å². The van der Waals surface area contributed by atoms with Gasteiger partial charge in [0, 0.05) is 10.9 Å². The summed E-state index contributed by atoms with van der Waals surface area (Å²) in [5.41, 5.74) is 6.75. The summed E-state index contributed by atoms with van der Waals surface area (Å²) in [5, 5.41) is 6.89. The zero-order chi connectivity index (χ0) is 10.1. The quantitative estimate of drug-likeness (QED) is 0.770. The van der Waals surface area contributed by atoms with E-state index in [-0.39, 0.29) is 0 Å². The van der Waals surface area contributed by atoms with Crippen LogP contribution in [-0.2, 0) is 0 Å². The summed E-state index contributed by atoms with van der Waals surface area (Å²) in [6.07, 6.45) is 0. The van der Waals surface area contributed by atoms with E-state index in [0.717, 1.165) is 17.3 Å². The molecule has 1 aromatic carbocycles. The van der Waals surface area contributed by atoms with Crippen molar-refractivity contribution >= 4 is 23.1 Å². The highest BCUT2D eigenvalue weighted by Crippen LogP contribution is 2.22. The molecule has 1 atom stereocenters. The molecule has 1 heterocycles. The van der Waals surface area contributed by atoms with Crippen LogP contribution in [0.25, 0.3) is 0 Å². The third-order valence-corrected chi connectivity index (χ3v) is 2.56. The number of amidine groups is 1. The van der Waals surface area contributed by atoms with Crippen LogP contribution in [0, 0.1) is 5.92 Å². The number of hydrazone groups is 1. The highest BCUT2D eigenvalue weighted by molar-refractivity contribution is 6.30. The Balaban J connectivity index is 2.22. The molecular formula is C10H12ClN3. The van der Waals surface area contributed by atoms with Crippen molar-refractivity contribution in [2.45, 2.75) is 6.92 Å². The fourth-order valence-corrected chi connectivity index (χ4v) is 1.53. The number of benzene rings is 1. The monoisotopic (exact) mass is 209 g/mol. The Hall–Kier alpha value is -1.22. The summed E-state index contributed by atoms with van der Waals surface area (Å²) >= 11 is 5.80. The van der Waals surface area contributed by atoms with Gasteiger partial charge < -0.3 is 5.73 Å². The van der Waals surface area contributed by atoms with Gasteiger partial charge in [-0.05, 0) is 24.3 Å². The lowest BCUT2D eigenvalue weighted by molar-refractivity contribution is 0.773. The van der Waals surface area contributed by atoms with Gasteiger partial charge in [-0.2, -0.15) is 5.10 Å². The molecule has 74 valence electrons. The molecule has 4 heteroatoms. The second-order valence-corrected chi connectivity index (χ2v) is 3.92. The van der Waals surface area contributed by atoms with E-state index in [0.29, 0.717) is 11.8 Å². The minimum absolute atomic E-state index is 0.325. The Kier molecular flexibility index (Phi) is 2.33. The second-order valence-electron chi connectivity index (χ2n) is 3.48. The van der Waals surface area contributed by atoms with Crippen molar-refractivity contribution in [3.8, 4) is 0 Å². The smallest absolute Gasteiger partial charge is 0.124 e. The van der Waals surface area contributed by atoms with Gasteiger partial charge in [0.1, 0.15) is 5.84 Å². The molecule has 0 bridgehead atoms. The molecule has 1 aliphatic heterocycles. The number of nitrogens with two attached hydrogens (primary N) is 1. The summed E-state index contributed by atoms with van der Waals surface area (Å²) in [4.78, 5) is 0. The van der Waals surface area contributed by atoms with Crippen LogP contribution in [0.3, 0.4) is 0 Å². The Morgan fingerprint density at radius 3 is 2.57 bits per heavy atom. The molecule has 0 fully saturated rings. The molecule has 14 heavy (non-hydrogen) atoms. The molecule has 0 spiro atoms. The van der Waals surface area contributed by atoms with Gasteiger partial charge in [-0.1, -0.05) is 18.5 Å². The van der Waals surface area contributed by atoms with E-state index in [2.05, 4.69) is 12.0 Å². The maximum atomic E-state index is 5.80. The lowest BCUT2D eigenvalue weighted by atomic mass is 10.2. The number of halogens is 1. The Morgan fingerprint density at radius 2 is 2.07 bits per heavy atom. The molecule has 0 aliphatic carbocycles. The molecule has 0 amide bonds. The van der Waals surface area contributed by atoms with Gasteiger partial charge in [-0.3, -0.25) is 5.01 Å². The molecule has 0 saturated heterocycles. The van der Waals surface area contributed by atoms with Gasteiger partial charge in [-0.15, -0.1) is 0 Å². The van der Waals surface area contributed by atoms with E-state index in [1.54, 1.807) is 0 Å². The Labute approximate surface area is 88.2 Å². The highest BCUT2D eigenvalue weighted by Gasteiger charge is 2.20. The van der Waals surface area contributed by atoms with E-state index in [1.165, 1.54) is 0 Å². The molecule has 3 nitrogen and oxygen atoms in total. The minimum Gasteiger partial charge on any atom is -0.385 e. The number of hydrogen-bond acceptors (Lipinski definition) is 3. The van der Waals surface area contributed by atoms with Crippen molar-refractivity contribution < 1.29 is 0 Å². The first-order valence-corrected chi connectivity index (χ1v) is 4.91. The summed E-state index contributed by atoms with van der Waals surface area (Å²) in [6.45, 7) is 2.90. The van der Waals surface area contributed by atoms with Gasteiger partial charge in [0.25, 0.3) is 0 Å². The van der Waals surface area contributed by atoms with Crippen molar-refractivity contribution in [3.63, 3.8) is 0 Å². The lowest BCUT2D eigenvalue weighted by Crippen LogP contribution is -2.20. The van der Waals surface area contributed by atoms with E-state index in [1.807, 2.05) is 29.3 Å². The average Bonchev–Trinajstić information content (AvgIpc) is 2.48. The predicted octanol–water partition coefficient (Wildman–Crippen LogP) is 2.07. The Morgan fingerprint density at radius 1 is 1.43 bits per heavy atom. The topological polar surface area (TPSA) is 41.6 Å². The molecule has 0 aromatic heterocycles. The van der Waals surface area contributed by atoms with Crippen molar-refractivity contribution in [2.75, 3.05) is 11.6 Å². The molecule has 0 saturated carbocycles. The van der Waals surface area contributed by atoms with Crippen LogP contribution in [0.4, 0.5) is 5.69 Å². The summed E-state index contributed by atoms with van der Waals surface area (Å²) in [6, 6.07) is 7.59. The average molecular weight is 210 g/mol. The van der Waals surface area contributed by atoms with Gasteiger partial charge in [0.15, 0.2) is 0 Å². The fraction of sp³-hybridized carbons (Fsp3) is 0.300. The molecule has 1 aromatic rings. The SMILES string of the molecule is CC1CN(c2ccc(Cl)cc2)N=C1N. The maximum Gasteiger partial charge on any atom is 0.124 e. The van der Waals surface area contributed by atoms with Gasteiger partial charge in [0.2, 0.25) is 0 Å². The molecular weight excluding hydrogens is 198 g/mol. The number of anilines is 1. The van der Waals surface area contributed by atoms with Crippen LogP contribution in [0.1, 0.15) is 6.92 Å². The maximum absolute atomic E-state index is 5.80. The third kappa shape index (κ3) is 1.68. The standard InChI is InChI=1S/C10H12ClN3/c1-7-6-14(13-10(7)12)9-4-2-8(11)3-5-9/h2-5,7H,6H2,1H3,(H2,12,13). The Bertz CT molecular complexity index is 358. The van der Waals surface area contributed by atoms with Crippen LogP contribution in [-0.4, -0.2) is 12.4 Å². The van der Waals surface area contributed by atoms with Crippen molar-refractivity contribution in [3.05, 3.63) is 29.3 Å². The largest absolute Gasteiger partial charge is 0.385 e. The van der Waals surface area contributed by atoms with Crippen LogP contribution < -0.4 is 10.7 Å². The molecule has 1 aliphatic rings. The van der Waals surface area contributed by atoms with Crippen LogP contribution in [0.15, 0.2) is 29.4 Å². The number of rotatable bonds is 1. The molecule has 1 unspecified atom stereocenters. The zero-order valence-corrected chi connectivity index (χ0v) is 8.70. The minimum atomic E-state index is 0.325. The number of hydrogen-bond donors (Lipinski definition) is 1. The van der Waals surface area contributed by atoms with E-state index < -0.39 is 0 Å². The molecule has 2 N–H and O–H groups in total. The first-order chi connectivity index (χ1) is 6.66. The van der Waals surface area contributed by atoms with Crippen molar-refractivity contribution in [2.24, 2.45) is 16.8 Å². The van der Waals surface area contributed by atoms with Gasteiger partial charge in [0.05, 0.1) is 12.2 Å². The normalized spacial score (nSPS) is 21.1. The van der Waals surface area contributed by atoms with E-state index >= 15 is 0 Å². The van der Waals surface area contributed by atoms with Crippen molar-refractivity contribution in [1.82, 2.24) is 0 Å².